The molecule has 0 fully saturated rings. The van der Waals surface area contributed by atoms with E-state index in [4.69, 9.17) is 0 Å². The zero-order valence-electron chi connectivity index (χ0n) is 42.8. The third kappa shape index (κ3) is 16.5. The summed E-state index contributed by atoms with van der Waals surface area (Å²) in [6, 6.07) is 129. The summed E-state index contributed by atoms with van der Waals surface area (Å²) in [6.07, 6.45) is 0. The summed E-state index contributed by atoms with van der Waals surface area (Å²) in [4.78, 5) is 0. The molecule has 0 radical (unpaired) electrons. The van der Waals surface area contributed by atoms with Crippen LogP contribution in [0.15, 0.2) is 364 Å². The van der Waals surface area contributed by atoms with E-state index in [1.54, 1.807) is 0 Å². The van der Waals surface area contributed by atoms with Gasteiger partial charge in [-0.3, -0.25) is 0 Å². The quantitative estimate of drug-likeness (QED) is 0.0845. The first-order valence-electron chi connectivity index (χ1n) is 25.6. The maximum Gasteiger partial charge on any atom is 2.00 e. The van der Waals surface area contributed by atoms with Gasteiger partial charge in [0, 0.05) is 0 Å². The van der Waals surface area contributed by atoms with Crippen LogP contribution in [0.3, 0.4) is 0 Å². The zero-order chi connectivity index (χ0) is 51.7. The van der Waals surface area contributed by atoms with E-state index in [-0.39, 0.29) is 19.5 Å². The predicted molar refractivity (Wildman–Crippen MR) is 341 cm³/mol. The minimum absolute atomic E-state index is 0. The topological polar surface area (TPSA) is 0 Å². The Balaban J connectivity index is 0.000000135. The second kappa shape index (κ2) is 31.3. The largest absolute Gasteiger partial charge is 2.00 e. The monoisotopic (exact) mass is 1150 g/mol. The zero-order valence-corrected chi connectivity index (χ0v) is 48.1. The maximum atomic E-state index is 2.23. The first-order valence-corrected chi connectivity index (χ1v) is 31.0. The van der Waals surface area contributed by atoms with Gasteiger partial charge in [-0.25, -0.2) is 0 Å². The molecular weight excluding hydrogens is 1090 g/mol. The number of hydrogen-bond donors (Lipinski definition) is 0. The Labute approximate surface area is 475 Å². The van der Waals surface area contributed by atoms with Crippen LogP contribution < -0.4 is 63.7 Å². The van der Waals surface area contributed by atoms with Crippen LogP contribution in [-0.2, 0) is 19.5 Å². The minimum Gasteiger partial charge on any atom is -0.0622 e. The van der Waals surface area contributed by atoms with Gasteiger partial charge < -0.3 is 0 Å². The van der Waals surface area contributed by atoms with Crippen LogP contribution in [0.5, 0.6) is 0 Å². The van der Waals surface area contributed by atoms with Gasteiger partial charge in [-0.05, 0) is 95.3 Å². The van der Waals surface area contributed by atoms with E-state index >= 15 is 0 Å². The van der Waals surface area contributed by atoms with Crippen LogP contribution in [0.4, 0.5) is 0 Å². The van der Waals surface area contributed by atoms with Crippen LogP contribution >= 0.6 is 31.7 Å². The number of rotatable bonds is 12. The van der Waals surface area contributed by atoms with Crippen LogP contribution in [0, 0.1) is 0 Å². The molecule has 12 rings (SSSR count). The first-order chi connectivity index (χ1) is 37.8. The van der Waals surface area contributed by atoms with Gasteiger partial charge >= 0.3 is 19.5 Å². The molecule has 0 unspecified atom stereocenters. The third-order valence-corrected chi connectivity index (χ3v) is 21.9. The van der Waals surface area contributed by atoms with Crippen LogP contribution in [0.2, 0.25) is 0 Å². The fraction of sp³-hybridized carbons (Fsp3) is 0. The van der Waals surface area contributed by atoms with Gasteiger partial charge in [0.25, 0.3) is 0 Å². The van der Waals surface area contributed by atoms with Crippen molar-refractivity contribution in [2.45, 2.75) is 0 Å². The van der Waals surface area contributed by atoms with Crippen molar-refractivity contribution in [1.82, 2.24) is 0 Å². The Morgan fingerprint density at radius 1 is 0.104 bits per heavy atom. The molecule has 0 spiro atoms. The van der Waals surface area contributed by atoms with Crippen LogP contribution in [0.1, 0.15) is 0 Å². The molecule has 5 heteroatoms. The predicted octanol–water partition coefficient (Wildman–Crippen LogP) is 13.8. The van der Waals surface area contributed by atoms with Crippen molar-refractivity contribution < 1.29 is 19.5 Å². The fourth-order valence-electron chi connectivity index (χ4n) is 8.71. The van der Waals surface area contributed by atoms with E-state index in [1.807, 2.05) is 0 Å². The molecule has 0 aromatic heterocycles. The summed E-state index contributed by atoms with van der Waals surface area (Å²) in [7, 11) is -1.78. The molecule has 0 atom stereocenters. The molecule has 0 aliphatic rings. The summed E-state index contributed by atoms with van der Waals surface area (Å²) in [5.41, 5.74) is 0. The molecule has 0 aliphatic carbocycles. The van der Waals surface area contributed by atoms with Gasteiger partial charge in [0.1, 0.15) is 0 Å². The Bertz CT molecular complexity index is 2580. The van der Waals surface area contributed by atoms with Gasteiger partial charge in [0.15, 0.2) is 0 Å². The van der Waals surface area contributed by atoms with Crippen molar-refractivity contribution in [2.75, 3.05) is 0 Å². The molecule has 0 heterocycles. The molecule has 12 aromatic carbocycles. The molecular formula is C72H60P4Ru+2. The van der Waals surface area contributed by atoms with Crippen molar-refractivity contribution in [3.63, 3.8) is 0 Å². The summed E-state index contributed by atoms with van der Waals surface area (Å²) >= 11 is 0. The van der Waals surface area contributed by atoms with Gasteiger partial charge in [-0.2, -0.15) is 0 Å². The molecule has 0 bridgehead atoms. The normalized spacial score (nSPS) is 10.4. The van der Waals surface area contributed by atoms with E-state index in [2.05, 4.69) is 364 Å². The van der Waals surface area contributed by atoms with E-state index in [1.165, 1.54) is 63.7 Å². The van der Waals surface area contributed by atoms with Gasteiger partial charge in [0.05, 0.1) is 0 Å². The first kappa shape index (κ1) is 56.2. The molecule has 12 aromatic rings. The summed E-state index contributed by atoms with van der Waals surface area (Å²) in [5.74, 6) is 0. The molecule has 0 amide bonds. The minimum atomic E-state index is -0.446. The van der Waals surface area contributed by atoms with Crippen molar-refractivity contribution in [2.24, 2.45) is 0 Å². The van der Waals surface area contributed by atoms with E-state index in [9.17, 15) is 0 Å². The second-order valence-electron chi connectivity index (χ2n) is 17.4. The molecule has 0 nitrogen and oxygen atoms in total. The Morgan fingerprint density at radius 3 is 0.234 bits per heavy atom. The van der Waals surface area contributed by atoms with Gasteiger partial charge in [-0.15, -0.1) is 0 Å². The summed E-state index contributed by atoms with van der Waals surface area (Å²) in [6.45, 7) is 0. The summed E-state index contributed by atoms with van der Waals surface area (Å²) in [5, 5.41) is 16.8. The average Bonchev–Trinajstić information content (AvgIpc) is 3.51. The van der Waals surface area contributed by atoms with Crippen LogP contribution in [-0.4, -0.2) is 0 Å². The molecule has 374 valence electrons. The molecule has 0 N–H and O–H groups in total. The van der Waals surface area contributed by atoms with E-state index in [0.29, 0.717) is 0 Å². The van der Waals surface area contributed by atoms with E-state index < -0.39 is 31.7 Å². The van der Waals surface area contributed by atoms with E-state index in [0.717, 1.165) is 0 Å². The molecule has 0 saturated carbocycles. The second-order valence-corrected chi connectivity index (χ2v) is 26.2. The average molecular weight is 1150 g/mol. The SMILES string of the molecule is [Ru+2].c1ccc(P(c2ccccc2)c2ccccc2)cc1.c1ccc(P(c2ccccc2)c2ccccc2)cc1.c1ccc(P(c2ccccc2)c2ccccc2)cc1.c1ccc(P(c2ccccc2)c2ccccc2)cc1. The van der Waals surface area contributed by atoms with Crippen LogP contribution in [0.25, 0.3) is 0 Å². The molecule has 0 aliphatic heterocycles. The number of hydrogen-bond acceptors (Lipinski definition) is 0. The summed E-state index contributed by atoms with van der Waals surface area (Å²) < 4.78 is 0. The van der Waals surface area contributed by atoms with Crippen molar-refractivity contribution in [3.8, 4) is 0 Å². The Kier molecular flexibility index (Phi) is 22.8. The number of benzene rings is 12. The van der Waals surface area contributed by atoms with Crippen molar-refractivity contribution in [3.05, 3.63) is 364 Å². The Hall–Kier alpha value is -7.02. The molecule has 0 saturated heterocycles. The third-order valence-electron chi connectivity index (χ3n) is 12.2. The van der Waals surface area contributed by atoms with Crippen molar-refractivity contribution in [1.29, 1.82) is 0 Å². The fourth-order valence-corrected chi connectivity index (χ4v) is 17.9. The van der Waals surface area contributed by atoms with Crippen molar-refractivity contribution >= 4 is 95.3 Å². The molecule has 77 heavy (non-hydrogen) atoms. The maximum absolute atomic E-state index is 2.23. The smallest absolute Gasteiger partial charge is 0.0622 e. The van der Waals surface area contributed by atoms with Gasteiger partial charge in [0.2, 0.25) is 0 Å². The standard InChI is InChI=1S/4C18H15P.Ru/c4*1-4-10-16(11-5-1)19(17-12-6-2-7-13-17)18-14-8-3-9-15-18;/h4*1-15H;/q;;;;+2. The van der Waals surface area contributed by atoms with Gasteiger partial charge in [-0.1, -0.05) is 364 Å². The Morgan fingerprint density at radius 2 is 0.169 bits per heavy atom.